The van der Waals surface area contributed by atoms with Crippen LogP contribution in [0.4, 0.5) is 0 Å². The molecule has 1 aliphatic rings. The lowest BCUT2D eigenvalue weighted by Gasteiger charge is -2.16. The number of likely N-dealkylation sites (tertiary alicyclic amines) is 1. The molecule has 1 heterocycles. The van der Waals surface area contributed by atoms with Gasteiger partial charge in [-0.05, 0) is 42.9 Å². The maximum atomic E-state index is 12.3. The molecule has 2 rings (SSSR count). The van der Waals surface area contributed by atoms with Crippen molar-refractivity contribution < 1.29 is 4.79 Å². The zero-order valence-corrected chi connectivity index (χ0v) is 13.6. The van der Waals surface area contributed by atoms with Crippen LogP contribution < -0.4 is 5.73 Å². The quantitative estimate of drug-likeness (QED) is 0.788. The topological polar surface area (TPSA) is 46.3 Å². The summed E-state index contributed by atoms with van der Waals surface area (Å²) in [6, 6.07) is 10.5. The van der Waals surface area contributed by atoms with Crippen LogP contribution in [0.2, 0.25) is 0 Å². The van der Waals surface area contributed by atoms with Crippen molar-refractivity contribution >= 4 is 17.7 Å². The first-order valence-electron chi connectivity index (χ1n) is 7.78. The van der Waals surface area contributed by atoms with Crippen LogP contribution in [0, 0.1) is 5.92 Å². The first-order valence-corrected chi connectivity index (χ1v) is 9.17. The summed E-state index contributed by atoms with van der Waals surface area (Å²) >= 11 is 1.85. The molecule has 0 bridgehead atoms. The Kier molecular flexibility index (Phi) is 6.58. The minimum Gasteiger partial charge on any atom is -0.342 e. The van der Waals surface area contributed by atoms with Gasteiger partial charge in [-0.1, -0.05) is 30.3 Å². The monoisotopic (exact) mass is 306 g/mol. The van der Waals surface area contributed by atoms with Gasteiger partial charge < -0.3 is 10.6 Å². The fraction of sp³-hybridized carbons (Fsp3) is 0.588. The highest BCUT2D eigenvalue weighted by molar-refractivity contribution is 7.98. The second-order valence-corrected chi connectivity index (χ2v) is 6.75. The first-order chi connectivity index (χ1) is 10.3. The predicted molar refractivity (Wildman–Crippen MR) is 90.5 cm³/mol. The molecule has 0 saturated carbocycles. The summed E-state index contributed by atoms with van der Waals surface area (Å²) < 4.78 is 0. The van der Waals surface area contributed by atoms with Crippen LogP contribution in [0.1, 0.15) is 30.7 Å². The van der Waals surface area contributed by atoms with E-state index < -0.39 is 0 Å². The van der Waals surface area contributed by atoms with Crippen molar-refractivity contribution in [2.75, 3.05) is 31.6 Å². The Bertz CT molecular complexity index is 438. The molecule has 21 heavy (non-hydrogen) atoms. The zero-order chi connectivity index (χ0) is 15.1. The lowest BCUT2D eigenvalue weighted by molar-refractivity contribution is -0.130. The number of carbonyl (C=O) groups is 1. The minimum atomic E-state index is 0.299. The fourth-order valence-electron chi connectivity index (χ4n) is 3.07. The number of benzene rings is 1. The lowest BCUT2D eigenvalue weighted by atomic mass is 9.89. The van der Waals surface area contributed by atoms with Crippen LogP contribution in [-0.4, -0.2) is 42.4 Å². The SMILES string of the molecule is CSCCCCC(=O)N1C[C@@H](CN)[C@H](c2ccccc2)C1. The van der Waals surface area contributed by atoms with E-state index in [1.807, 2.05) is 22.7 Å². The van der Waals surface area contributed by atoms with Crippen molar-refractivity contribution in [3.8, 4) is 0 Å². The zero-order valence-electron chi connectivity index (χ0n) is 12.8. The second kappa shape index (κ2) is 8.44. The Morgan fingerprint density at radius 3 is 2.71 bits per heavy atom. The molecule has 0 aliphatic carbocycles. The molecule has 2 atom stereocenters. The van der Waals surface area contributed by atoms with Gasteiger partial charge in [0, 0.05) is 25.4 Å². The van der Waals surface area contributed by atoms with Gasteiger partial charge in [0.05, 0.1) is 0 Å². The van der Waals surface area contributed by atoms with Crippen LogP contribution in [-0.2, 0) is 4.79 Å². The lowest BCUT2D eigenvalue weighted by Crippen LogP contribution is -2.29. The van der Waals surface area contributed by atoms with Crippen molar-refractivity contribution in [1.82, 2.24) is 4.90 Å². The molecule has 0 unspecified atom stereocenters. The molecular formula is C17H26N2OS. The predicted octanol–water partition coefficient (Wildman–Crippen LogP) is 2.72. The van der Waals surface area contributed by atoms with Gasteiger partial charge in [0.15, 0.2) is 0 Å². The van der Waals surface area contributed by atoms with E-state index in [0.29, 0.717) is 30.7 Å². The Morgan fingerprint density at radius 1 is 1.29 bits per heavy atom. The normalized spacial score (nSPS) is 21.7. The van der Waals surface area contributed by atoms with Crippen LogP contribution in [0.25, 0.3) is 0 Å². The molecule has 1 aromatic rings. The number of hydrogen-bond donors (Lipinski definition) is 1. The largest absolute Gasteiger partial charge is 0.342 e. The van der Waals surface area contributed by atoms with Gasteiger partial charge in [-0.25, -0.2) is 0 Å². The number of unbranched alkanes of at least 4 members (excludes halogenated alkanes) is 1. The molecule has 1 fully saturated rings. The maximum Gasteiger partial charge on any atom is 0.222 e. The maximum absolute atomic E-state index is 12.3. The molecule has 1 aromatic carbocycles. The molecule has 0 spiro atoms. The highest BCUT2D eigenvalue weighted by atomic mass is 32.2. The number of amides is 1. The molecule has 1 saturated heterocycles. The minimum absolute atomic E-state index is 0.299. The number of nitrogens with zero attached hydrogens (tertiary/aromatic N) is 1. The van der Waals surface area contributed by atoms with Crippen molar-refractivity contribution in [2.24, 2.45) is 11.7 Å². The summed E-state index contributed by atoms with van der Waals surface area (Å²) in [5.41, 5.74) is 7.23. The number of rotatable bonds is 7. The highest BCUT2D eigenvalue weighted by Gasteiger charge is 2.34. The van der Waals surface area contributed by atoms with E-state index in [1.165, 1.54) is 5.56 Å². The molecule has 1 aliphatic heterocycles. The van der Waals surface area contributed by atoms with Gasteiger partial charge in [0.1, 0.15) is 0 Å². The molecule has 116 valence electrons. The van der Waals surface area contributed by atoms with Gasteiger partial charge in [0.2, 0.25) is 5.91 Å². The molecule has 4 heteroatoms. The van der Waals surface area contributed by atoms with Crippen LogP contribution in [0.5, 0.6) is 0 Å². The number of hydrogen-bond acceptors (Lipinski definition) is 3. The Balaban J connectivity index is 1.91. The third kappa shape index (κ3) is 4.48. The Hall–Kier alpha value is -1.00. The molecule has 0 aromatic heterocycles. The summed E-state index contributed by atoms with van der Waals surface area (Å²) in [6.07, 6.45) is 4.92. The standard InChI is InChI=1S/C17H26N2OS/c1-21-10-6-5-9-17(20)19-12-15(11-18)16(13-19)14-7-3-2-4-8-14/h2-4,7-8,15-16H,5-6,9-13,18H2,1H3/t15-,16+/m1/s1. The average Bonchev–Trinajstić information content (AvgIpc) is 2.96. The van der Waals surface area contributed by atoms with E-state index in [-0.39, 0.29) is 0 Å². The Morgan fingerprint density at radius 2 is 2.05 bits per heavy atom. The molecule has 3 nitrogen and oxygen atoms in total. The van der Waals surface area contributed by atoms with E-state index in [1.54, 1.807) is 0 Å². The average molecular weight is 306 g/mol. The highest BCUT2D eigenvalue weighted by Crippen LogP contribution is 2.32. The Labute approximate surface area is 132 Å². The van der Waals surface area contributed by atoms with Crippen LogP contribution >= 0.6 is 11.8 Å². The summed E-state index contributed by atoms with van der Waals surface area (Å²) in [7, 11) is 0. The summed E-state index contributed by atoms with van der Waals surface area (Å²) in [6.45, 7) is 2.29. The smallest absolute Gasteiger partial charge is 0.222 e. The third-order valence-corrected chi connectivity index (χ3v) is 5.01. The van der Waals surface area contributed by atoms with Crippen molar-refractivity contribution in [3.05, 3.63) is 35.9 Å². The van der Waals surface area contributed by atoms with Gasteiger partial charge in [-0.15, -0.1) is 0 Å². The summed E-state index contributed by atoms with van der Waals surface area (Å²) in [4.78, 5) is 14.3. The summed E-state index contributed by atoms with van der Waals surface area (Å²) in [5, 5.41) is 0. The molecule has 0 radical (unpaired) electrons. The molecule has 1 amide bonds. The fourth-order valence-corrected chi connectivity index (χ4v) is 3.57. The van der Waals surface area contributed by atoms with Crippen molar-refractivity contribution in [2.45, 2.75) is 25.2 Å². The van der Waals surface area contributed by atoms with Gasteiger partial charge in [0.25, 0.3) is 0 Å². The van der Waals surface area contributed by atoms with Gasteiger partial charge >= 0.3 is 0 Å². The van der Waals surface area contributed by atoms with E-state index >= 15 is 0 Å². The number of carbonyl (C=O) groups excluding carboxylic acids is 1. The van der Waals surface area contributed by atoms with E-state index in [2.05, 4.69) is 30.5 Å². The summed E-state index contributed by atoms with van der Waals surface area (Å²) in [5.74, 6) is 2.23. The van der Waals surface area contributed by atoms with E-state index in [9.17, 15) is 4.79 Å². The number of thioether (sulfide) groups is 1. The number of nitrogens with two attached hydrogens (primary N) is 1. The first kappa shape index (κ1) is 16.4. The van der Waals surface area contributed by atoms with Crippen molar-refractivity contribution in [3.63, 3.8) is 0 Å². The van der Waals surface area contributed by atoms with Crippen LogP contribution in [0.15, 0.2) is 30.3 Å². The van der Waals surface area contributed by atoms with Crippen molar-refractivity contribution in [1.29, 1.82) is 0 Å². The van der Waals surface area contributed by atoms with Gasteiger partial charge in [-0.2, -0.15) is 11.8 Å². The molecular weight excluding hydrogens is 280 g/mol. The van der Waals surface area contributed by atoms with E-state index in [4.69, 9.17) is 5.73 Å². The second-order valence-electron chi connectivity index (χ2n) is 5.76. The molecule has 2 N–H and O–H groups in total. The van der Waals surface area contributed by atoms with E-state index in [0.717, 1.165) is 31.7 Å². The third-order valence-electron chi connectivity index (χ3n) is 4.31. The van der Waals surface area contributed by atoms with Gasteiger partial charge in [-0.3, -0.25) is 4.79 Å². The van der Waals surface area contributed by atoms with Crippen LogP contribution in [0.3, 0.4) is 0 Å².